The van der Waals surface area contributed by atoms with Crippen molar-refractivity contribution in [1.82, 2.24) is 14.8 Å². The second-order valence-corrected chi connectivity index (χ2v) is 17.5. The van der Waals surface area contributed by atoms with Crippen molar-refractivity contribution in [2.45, 2.75) is 69.0 Å². The molecule has 1 aliphatic rings. The van der Waals surface area contributed by atoms with Crippen LogP contribution < -0.4 is 5.73 Å². The first-order valence-electron chi connectivity index (χ1n) is 18.0. The van der Waals surface area contributed by atoms with Gasteiger partial charge in [0, 0.05) is 27.4 Å². The number of ether oxygens (including phenoxy) is 1. The lowest BCUT2D eigenvalue weighted by molar-refractivity contribution is -0.145. The number of aliphatic imine (C=N–C) groups is 1. The van der Waals surface area contributed by atoms with E-state index in [9.17, 15) is 21.6 Å². The number of nitrogens with two attached hydrogens (primary N) is 1. The molecule has 4 aromatic carbocycles. The summed E-state index contributed by atoms with van der Waals surface area (Å²) < 4.78 is 66.5. The van der Waals surface area contributed by atoms with Gasteiger partial charge in [0.25, 0.3) is 20.2 Å². The SMILES string of the molecule is CCc1cc2c(s1)-n1c(nnc1[C@H](N)CCC(=O)OCc1ccccc1)CN=C2c1ccccc1Cl.Cc1ccc(S(=O)(=O)O)cc1.Cc1ccc(S(=O)(=O)O)cc1. The van der Waals surface area contributed by atoms with E-state index in [0.717, 1.165) is 45.0 Å². The lowest BCUT2D eigenvalue weighted by Gasteiger charge is -2.14. The number of fused-ring (bicyclic) bond motifs is 3. The molecule has 0 radical (unpaired) electrons. The number of hydrogen-bond acceptors (Lipinski definition) is 11. The van der Waals surface area contributed by atoms with Gasteiger partial charge in [-0.05, 0) is 68.7 Å². The molecule has 0 spiro atoms. The number of aromatic nitrogens is 3. The molecule has 4 N–H and O–H groups in total. The van der Waals surface area contributed by atoms with Gasteiger partial charge in [-0.15, -0.1) is 21.5 Å². The molecular formula is C41H42ClN5O8S3. The van der Waals surface area contributed by atoms with Crippen LogP contribution in [0.4, 0.5) is 0 Å². The molecule has 0 bridgehead atoms. The van der Waals surface area contributed by atoms with E-state index in [1.54, 1.807) is 35.6 Å². The normalized spacial score (nSPS) is 12.6. The molecule has 0 aliphatic carbocycles. The molecule has 58 heavy (non-hydrogen) atoms. The van der Waals surface area contributed by atoms with Crippen LogP contribution in [0.3, 0.4) is 0 Å². The van der Waals surface area contributed by atoms with E-state index in [1.807, 2.05) is 73.0 Å². The maximum atomic E-state index is 12.4. The van der Waals surface area contributed by atoms with Gasteiger partial charge >= 0.3 is 5.97 Å². The molecule has 6 aromatic rings. The number of carbonyl (C=O) groups excluding carboxylic acids is 1. The van der Waals surface area contributed by atoms with Gasteiger partial charge in [-0.2, -0.15) is 16.8 Å². The number of hydrogen-bond donors (Lipinski definition) is 3. The summed E-state index contributed by atoms with van der Waals surface area (Å²) in [6, 6.07) is 31.0. The van der Waals surface area contributed by atoms with Crippen molar-refractivity contribution >= 4 is 54.9 Å². The Morgan fingerprint density at radius 1 is 0.845 bits per heavy atom. The van der Waals surface area contributed by atoms with Crippen molar-refractivity contribution in [2.75, 3.05) is 0 Å². The first-order valence-corrected chi connectivity index (χ1v) is 22.0. The van der Waals surface area contributed by atoms with Crippen molar-refractivity contribution in [1.29, 1.82) is 0 Å². The molecule has 17 heteroatoms. The lowest BCUT2D eigenvalue weighted by atomic mass is 10.0. The number of halogens is 1. The Bertz CT molecular complexity index is 2520. The van der Waals surface area contributed by atoms with Crippen LogP contribution >= 0.6 is 22.9 Å². The molecular weight excluding hydrogens is 822 g/mol. The minimum atomic E-state index is -4.02. The first-order chi connectivity index (χ1) is 27.5. The Morgan fingerprint density at radius 2 is 1.41 bits per heavy atom. The molecule has 3 heterocycles. The fourth-order valence-electron chi connectivity index (χ4n) is 5.59. The summed E-state index contributed by atoms with van der Waals surface area (Å²) in [5.41, 5.74) is 12.1. The quantitative estimate of drug-likeness (QED) is 0.0892. The van der Waals surface area contributed by atoms with Crippen molar-refractivity contribution < 1.29 is 35.5 Å². The van der Waals surface area contributed by atoms with E-state index in [0.29, 0.717) is 29.6 Å². The van der Waals surface area contributed by atoms with Gasteiger partial charge in [0.15, 0.2) is 11.6 Å². The van der Waals surface area contributed by atoms with Crippen molar-refractivity contribution in [2.24, 2.45) is 10.7 Å². The smallest absolute Gasteiger partial charge is 0.306 e. The van der Waals surface area contributed by atoms with Crippen LogP contribution in [0.15, 0.2) is 124 Å². The Morgan fingerprint density at radius 3 is 1.97 bits per heavy atom. The summed E-state index contributed by atoms with van der Waals surface area (Å²) >= 11 is 8.22. The monoisotopic (exact) mass is 863 g/mol. The molecule has 7 rings (SSSR count). The third-order valence-corrected chi connectivity index (χ3v) is 12.0. The average molecular weight is 864 g/mol. The summed E-state index contributed by atoms with van der Waals surface area (Å²) in [5, 5.41) is 10.4. The molecule has 1 aliphatic heterocycles. The minimum absolute atomic E-state index is 0.0666. The van der Waals surface area contributed by atoms with E-state index in [1.165, 1.54) is 29.1 Å². The van der Waals surface area contributed by atoms with Gasteiger partial charge < -0.3 is 10.5 Å². The molecule has 0 saturated heterocycles. The Kier molecular flexibility index (Phi) is 14.9. The zero-order chi connectivity index (χ0) is 42.0. The maximum absolute atomic E-state index is 12.4. The highest BCUT2D eigenvalue weighted by Crippen LogP contribution is 2.36. The third kappa shape index (κ3) is 11.8. The summed E-state index contributed by atoms with van der Waals surface area (Å²) in [5.74, 6) is 1.03. The number of carbonyl (C=O) groups is 1. The average Bonchev–Trinajstić information content (AvgIpc) is 3.78. The summed E-state index contributed by atoms with van der Waals surface area (Å²) in [6.07, 6.45) is 1.47. The van der Waals surface area contributed by atoms with Gasteiger partial charge in [0.2, 0.25) is 0 Å². The molecule has 13 nitrogen and oxygen atoms in total. The fraction of sp³-hybridized carbons (Fsp3) is 0.220. The molecule has 0 unspecified atom stereocenters. The number of aryl methyl sites for hydroxylation is 3. The lowest BCUT2D eigenvalue weighted by Crippen LogP contribution is -2.19. The van der Waals surface area contributed by atoms with E-state index in [-0.39, 0.29) is 28.8 Å². The van der Waals surface area contributed by atoms with Gasteiger partial charge in [-0.25, -0.2) is 0 Å². The topological polar surface area (TPSA) is 204 Å². The van der Waals surface area contributed by atoms with Gasteiger partial charge in [-0.3, -0.25) is 23.5 Å². The van der Waals surface area contributed by atoms with Crippen molar-refractivity contribution in [3.63, 3.8) is 0 Å². The van der Waals surface area contributed by atoms with Crippen LogP contribution in [0.25, 0.3) is 5.00 Å². The highest BCUT2D eigenvalue weighted by Gasteiger charge is 2.28. The maximum Gasteiger partial charge on any atom is 0.306 e. The second-order valence-electron chi connectivity index (χ2n) is 13.1. The van der Waals surface area contributed by atoms with Gasteiger partial charge in [0.05, 0.1) is 21.5 Å². The highest BCUT2D eigenvalue weighted by atomic mass is 35.5. The van der Waals surface area contributed by atoms with Crippen LogP contribution in [-0.4, -0.2) is 52.4 Å². The predicted octanol–water partition coefficient (Wildman–Crippen LogP) is 7.90. The molecule has 0 saturated carbocycles. The number of rotatable bonds is 10. The molecule has 0 fully saturated rings. The summed E-state index contributed by atoms with van der Waals surface area (Å²) in [4.78, 5) is 18.3. The van der Waals surface area contributed by atoms with Gasteiger partial charge in [0.1, 0.15) is 18.2 Å². The molecule has 0 amide bonds. The number of thiophene rings is 1. The van der Waals surface area contributed by atoms with Crippen molar-refractivity contribution in [3.8, 4) is 5.00 Å². The number of esters is 1. The first kappa shape index (κ1) is 44.0. The fourth-order valence-corrected chi connectivity index (χ4v) is 7.90. The van der Waals surface area contributed by atoms with E-state index >= 15 is 0 Å². The third-order valence-electron chi connectivity index (χ3n) is 8.70. The van der Waals surface area contributed by atoms with Crippen LogP contribution in [0.2, 0.25) is 5.02 Å². The largest absolute Gasteiger partial charge is 0.461 e. The number of benzene rings is 4. The van der Waals surface area contributed by atoms with Crippen LogP contribution in [0.5, 0.6) is 0 Å². The van der Waals surface area contributed by atoms with E-state index < -0.39 is 26.3 Å². The molecule has 1 atom stereocenters. The summed E-state index contributed by atoms with van der Waals surface area (Å²) in [7, 11) is -8.04. The summed E-state index contributed by atoms with van der Waals surface area (Å²) in [6.45, 7) is 6.40. The second kappa shape index (κ2) is 19.6. The predicted molar refractivity (Wildman–Crippen MR) is 224 cm³/mol. The van der Waals surface area contributed by atoms with E-state index in [4.69, 9.17) is 36.2 Å². The molecule has 2 aromatic heterocycles. The Balaban J connectivity index is 0.000000236. The zero-order valence-electron chi connectivity index (χ0n) is 31.8. The number of nitrogens with zero attached hydrogens (tertiary/aromatic N) is 4. The van der Waals surface area contributed by atoms with Crippen LogP contribution in [-0.2, 0) is 49.3 Å². The van der Waals surface area contributed by atoms with E-state index in [2.05, 4.69) is 23.2 Å². The standard InChI is InChI=1S/C27H26ClN5O2S.2C7H8O3S/c1-2-18-14-20-25(19-10-6-7-11-21(19)28)30-15-23-31-32-26(33(23)27(20)36-18)22(29)12-13-24(34)35-16-17-8-4-3-5-9-17;2*1-6-2-4-7(5-3-6)11(8,9)10/h3-11,14,22H,2,12-13,15-16,29H2,1H3;2*2-5H,1H3,(H,8,9,10)/t22-;;/m1../s1. The minimum Gasteiger partial charge on any atom is -0.461 e. The molecule has 304 valence electrons. The van der Waals surface area contributed by atoms with Crippen LogP contribution in [0, 0.1) is 13.8 Å². The van der Waals surface area contributed by atoms with Crippen LogP contribution in [0.1, 0.15) is 70.2 Å². The Hall–Kier alpha value is -5.07. The van der Waals surface area contributed by atoms with Gasteiger partial charge in [-0.1, -0.05) is 102 Å². The highest BCUT2D eigenvalue weighted by molar-refractivity contribution is 7.86. The Labute approximate surface area is 346 Å². The zero-order valence-corrected chi connectivity index (χ0v) is 35.0. The van der Waals surface area contributed by atoms with Crippen molar-refractivity contribution in [3.05, 3.63) is 159 Å².